The summed E-state index contributed by atoms with van der Waals surface area (Å²) in [6.45, 7) is 3.65. The Morgan fingerprint density at radius 3 is 2.54 bits per heavy atom. The van der Waals surface area contributed by atoms with E-state index in [-0.39, 0.29) is 11.6 Å². The lowest BCUT2D eigenvalue weighted by atomic mass is 10.1. The van der Waals surface area contributed by atoms with Crippen LogP contribution in [-0.4, -0.2) is 23.1 Å². The van der Waals surface area contributed by atoms with Crippen LogP contribution in [-0.2, 0) is 23.6 Å². The predicted octanol–water partition coefficient (Wildman–Crippen LogP) is 2.17. The highest BCUT2D eigenvalue weighted by Crippen LogP contribution is 2.25. The zero-order valence-corrected chi connectivity index (χ0v) is 14.5. The first kappa shape index (κ1) is 16.4. The topological polar surface area (TPSA) is 90.0 Å². The van der Waals surface area contributed by atoms with Gasteiger partial charge >= 0.3 is 0 Å². The fourth-order valence-corrected chi connectivity index (χ4v) is 3.52. The molecule has 0 aliphatic rings. The van der Waals surface area contributed by atoms with E-state index in [1.807, 2.05) is 37.3 Å². The number of benzene rings is 1. The lowest BCUT2D eigenvalue weighted by molar-refractivity contribution is 0.422. The smallest absolute Gasteiger partial charge is 0.258 e. The van der Waals surface area contributed by atoms with Gasteiger partial charge in [-0.05, 0) is 13.8 Å². The van der Waals surface area contributed by atoms with Crippen molar-refractivity contribution in [1.82, 2.24) is 19.4 Å². The molecule has 0 radical (unpaired) electrons. The summed E-state index contributed by atoms with van der Waals surface area (Å²) in [5.41, 5.74) is 2.26. The number of nitrogens with one attached hydrogen (secondary N) is 1. The van der Waals surface area contributed by atoms with E-state index in [0.717, 1.165) is 11.1 Å². The van der Waals surface area contributed by atoms with E-state index in [2.05, 4.69) is 14.9 Å². The van der Waals surface area contributed by atoms with Gasteiger partial charge < -0.3 is 9.09 Å². The molecule has 2 heterocycles. The van der Waals surface area contributed by atoms with Crippen molar-refractivity contribution >= 4 is 10.0 Å². The maximum atomic E-state index is 12.4. The van der Waals surface area contributed by atoms with Gasteiger partial charge in [-0.1, -0.05) is 35.5 Å². The summed E-state index contributed by atoms with van der Waals surface area (Å²) >= 11 is 0. The average molecular weight is 346 g/mol. The van der Waals surface area contributed by atoms with Gasteiger partial charge in [-0.25, -0.2) is 18.1 Å². The van der Waals surface area contributed by atoms with Crippen LogP contribution in [0.1, 0.15) is 17.1 Å². The molecule has 3 aromatic rings. The Morgan fingerprint density at radius 2 is 1.92 bits per heavy atom. The molecule has 126 valence electrons. The molecule has 0 aliphatic heterocycles. The molecular formula is C16H18N4O3S. The SMILES string of the molecule is Cc1c(CNS(=O)(=O)c2cnc(C)n2C)noc1-c1ccccc1. The first-order valence-electron chi connectivity index (χ1n) is 7.38. The third kappa shape index (κ3) is 2.98. The molecule has 0 saturated carbocycles. The average Bonchev–Trinajstić information content (AvgIpc) is 3.10. The summed E-state index contributed by atoms with van der Waals surface area (Å²) in [4.78, 5) is 4.01. The first-order valence-corrected chi connectivity index (χ1v) is 8.87. The Kier molecular flexibility index (Phi) is 4.25. The summed E-state index contributed by atoms with van der Waals surface area (Å²) in [6, 6.07) is 9.56. The van der Waals surface area contributed by atoms with Crippen LogP contribution < -0.4 is 4.72 Å². The minimum absolute atomic E-state index is 0.0503. The third-order valence-corrected chi connectivity index (χ3v) is 5.39. The van der Waals surface area contributed by atoms with Crippen molar-refractivity contribution in [2.45, 2.75) is 25.4 Å². The molecule has 0 unspecified atom stereocenters. The molecule has 0 aliphatic carbocycles. The normalized spacial score (nSPS) is 11.8. The van der Waals surface area contributed by atoms with Crippen LogP contribution >= 0.6 is 0 Å². The minimum atomic E-state index is -3.67. The van der Waals surface area contributed by atoms with Crippen LogP contribution in [0.2, 0.25) is 0 Å². The van der Waals surface area contributed by atoms with Crippen LogP contribution in [0.25, 0.3) is 11.3 Å². The van der Waals surface area contributed by atoms with Crippen molar-refractivity contribution in [1.29, 1.82) is 0 Å². The maximum Gasteiger partial charge on any atom is 0.258 e. The molecular weight excluding hydrogens is 328 g/mol. The van der Waals surface area contributed by atoms with E-state index in [1.165, 1.54) is 10.8 Å². The molecule has 0 amide bonds. The summed E-state index contributed by atoms with van der Waals surface area (Å²) < 4.78 is 34.2. The Hall–Kier alpha value is -2.45. The van der Waals surface area contributed by atoms with Gasteiger partial charge in [0.15, 0.2) is 10.8 Å². The molecule has 0 saturated heterocycles. The van der Waals surface area contributed by atoms with Gasteiger partial charge in [0.2, 0.25) is 0 Å². The number of aromatic nitrogens is 3. The zero-order chi connectivity index (χ0) is 17.3. The first-order chi connectivity index (χ1) is 11.4. The van der Waals surface area contributed by atoms with E-state index in [4.69, 9.17) is 4.52 Å². The van der Waals surface area contributed by atoms with Crippen LogP contribution in [0, 0.1) is 13.8 Å². The number of sulfonamides is 1. The van der Waals surface area contributed by atoms with Crippen molar-refractivity contribution in [3.05, 3.63) is 53.6 Å². The Morgan fingerprint density at radius 1 is 1.21 bits per heavy atom. The second-order valence-electron chi connectivity index (χ2n) is 5.48. The highest BCUT2D eigenvalue weighted by Gasteiger charge is 2.21. The fraction of sp³-hybridized carbons (Fsp3) is 0.250. The van der Waals surface area contributed by atoms with Gasteiger partial charge in [0, 0.05) is 18.2 Å². The van der Waals surface area contributed by atoms with Crippen molar-refractivity contribution in [3.63, 3.8) is 0 Å². The fourth-order valence-electron chi connectivity index (χ4n) is 2.36. The van der Waals surface area contributed by atoms with Gasteiger partial charge in [0.1, 0.15) is 11.5 Å². The van der Waals surface area contributed by atoms with E-state index in [1.54, 1.807) is 14.0 Å². The summed E-state index contributed by atoms with van der Waals surface area (Å²) in [6.07, 6.45) is 1.34. The van der Waals surface area contributed by atoms with Crippen molar-refractivity contribution < 1.29 is 12.9 Å². The standard InChI is InChI=1S/C16H18N4O3S/c1-11-14(19-23-16(11)13-7-5-4-6-8-13)9-18-24(21,22)15-10-17-12(2)20(15)3/h4-8,10,18H,9H2,1-3H3. The second-order valence-corrected chi connectivity index (χ2v) is 7.19. The van der Waals surface area contributed by atoms with E-state index in [9.17, 15) is 8.42 Å². The summed E-state index contributed by atoms with van der Waals surface area (Å²) in [5.74, 6) is 1.26. The van der Waals surface area contributed by atoms with Crippen molar-refractivity contribution in [2.24, 2.45) is 7.05 Å². The van der Waals surface area contributed by atoms with Gasteiger partial charge in [-0.2, -0.15) is 0 Å². The molecule has 2 aromatic heterocycles. The van der Waals surface area contributed by atoms with Crippen molar-refractivity contribution in [3.8, 4) is 11.3 Å². The van der Waals surface area contributed by atoms with Crippen LogP contribution in [0.4, 0.5) is 0 Å². The lowest BCUT2D eigenvalue weighted by Crippen LogP contribution is -2.25. The van der Waals surface area contributed by atoms with Gasteiger partial charge in [-0.15, -0.1) is 0 Å². The Balaban J connectivity index is 1.81. The summed E-state index contributed by atoms with van der Waals surface area (Å²) in [5, 5.41) is 4.11. The monoisotopic (exact) mass is 346 g/mol. The van der Waals surface area contributed by atoms with Gasteiger partial charge in [-0.3, -0.25) is 0 Å². The minimum Gasteiger partial charge on any atom is -0.356 e. The van der Waals surface area contributed by atoms with Gasteiger partial charge in [0.25, 0.3) is 10.0 Å². The highest BCUT2D eigenvalue weighted by molar-refractivity contribution is 7.89. The van der Waals surface area contributed by atoms with Crippen LogP contribution in [0.15, 0.2) is 46.1 Å². The Bertz CT molecular complexity index is 959. The third-order valence-electron chi connectivity index (χ3n) is 3.94. The molecule has 7 nitrogen and oxygen atoms in total. The number of nitrogens with zero attached hydrogens (tertiary/aromatic N) is 3. The predicted molar refractivity (Wildman–Crippen MR) is 88.6 cm³/mol. The molecule has 1 aromatic carbocycles. The van der Waals surface area contributed by atoms with Crippen LogP contribution in [0.3, 0.4) is 0 Å². The number of imidazole rings is 1. The molecule has 1 N–H and O–H groups in total. The maximum absolute atomic E-state index is 12.4. The lowest BCUT2D eigenvalue weighted by Gasteiger charge is -2.06. The molecule has 0 bridgehead atoms. The van der Waals surface area contributed by atoms with E-state index < -0.39 is 10.0 Å². The van der Waals surface area contributed by atoms with E-state index >= 15 is 0 Å². The quantitative estimate of drug-likeness (QED) is 0.765. The Labute approximate surface area is 140 Å². The molecule has 8 heteroatoms. The van der Waals surface area contributed by atoms with E-state index in [0.29, 0.717) is 17.3 Å². The van der Waals surface area contributed by atoms with Crippen molar-refractivity contribution in [2.75, 3.05) is 0 Å². The largest absolute Gasteiger partial charge is 0.356 e. The van der Waals surface area contributed by atoms with Gasteiger partial charge in [0.05, 0.1) is 12.7 Å². The number of hydrogen-bond acceptors (Lipinski definition) is 5. The molecule has 0 spiro atoms. The molecule has 3 rings (SSSR count). The van der Waals surface area contributed by atoms with Crippen LogP contribution in [0.5, 0.6) is 0 Å². The molecule has 0 fully saturated rings. The number of rotatable bonds is 5. The highest BCUT2D eigenvalue weighted by atomic mass is 32.2. The number of hydrogen-bond donors (Lipinski definition) is 1. The molecule has 24 heavy (non-hydrogen) atoms. The molecule has 0 atom stereocenters. The second kappa shape index (κ2) is 6.21. The summed E-state index contributed by atoms with van der Waals surface area (Å²) in [7, 11) is -2.01. The number of aryl methyl sites for hydroxylation is 1. The zero-order valence-electron chi connectivity index (χ0n) is 13.6.